The Balaban J connectivity index is 1.89. The average molecular weight is 283 g/mol. The monoisotopic (exact) mass is 283 g/mol. The van der Waals surface area contributed by atoms with Crippen LogP contribution < -0.4 is 11.1 Å². The molecule has 3 heterocycles. The fraction of sp³-hybridized carbons (Fsp3) is 0.333. The van der Waals surface area contributed by atoms with Gasteiger partial charge >= 0.3 is 0 Å². The van der Waals surface area contributed by atoms with Crippen LogP contribution in [0.3, 0.4) is 0 Å². The van der Waals surface area contributed by atoms with Crippen molar-refractivity contribution in [3.8, 4) is 11.5 Å². The lowest BCUT2D eigenvalue weighted by molar-refractivity contribution is 0.579. The number of nitrogens with two attached hydrogens (primary N) is 1. The van der Waals surface area contributed by atoms with E-state index >= 15 is 0 Å². The van der Waals surface area contributed by atoms with Gasteiger partial charge in [0.1, 0.15) is 11.5 Å². The molecule has 1 aliphatic rings. The summed E-state index contributed by atoms with van der Waals surface area (Å²) in [5.41, 5.74) is 9.71. The highest BCUT2D eigenvalue weighted by atomic mass is 16.3. The van der Waals surface area contributed by atoms with Crippen molar-refractivity contribution in [3.05, 3.63) is 35.7 Å². The van der Waals surface area contributed by atoms with Crippen molar-refractivity contribution in [2.45, 2.75) is 19.3 Å². The van der Waals surface area contributed by atoms with E-state index in [1.54, 1.807) is 6.26 Å². The molecule has 0 aromatic carbocycles. The second-order valence-electron chi connectivity index (χ2n) is 5.23. The number of nitrogens with zero attached hydrogens (tertiary/aromatic N) is 3. The van der Waals surface area contributed by atoms with Gasteiger partial charge in [-0.1, -0.05) is 0 Å². The topological polar surface area (TPSA) is 81.4 Å². The maximum atomic E-state index is 5.63. The molecular weight excluding hydrogens is 266 g/mol. The zero-order chi connectivity index (χ0) is 14.2. The van der Waals surface area contributed by atoms with Crippen LogP contribution in [0.4, 0.5) is 5.82 Å². The number of aryl methyl sites for hydroxylation is 1. The molecule has 4 rings (SSSR count). The zero-order valence-corrected chi connectivity index (χ0v) is 11.7. The van der Waals surface area contributed by atoms with Crippen molar-refractivity contribution in [2.24, 2.45) is 5.73 Å². The van der Waals surface area contributed by atoms with E-state index in [-0.39, 0.29) is 0 Å². The van der Waals surface area contributed by atoms with E-state index in [4.69, 9.17) is 15.1 Å². The Hall–Kier alpha value is -2.34. The lowest BCUT2D eigenvalue weighted by Gasteiger charge is -2.12. The second-order valence-corrected chi connectivity index (χ2v) is 5.23. The quantitative estimate of drug-likeness (QED) is 0.763. The summed E-state index contributed by atoms with van der Waals surface area (Å²) < 4.78 is 7.30. The van der Waals surface area contributed by atoms with Crippen LogP contribution in [-0.2, 0) is 12.8 Å². The molecule has 3 N–H and O–H groups in total. The normalized spacial score (nSPS) is 13.8. The number of rotatable bonds is 4. The summed E-state index contributed by atoms with van der Waals surface area (Å²) in [5.74, 6) is 1.78. The Bertz CT molecular complexity index is 775. The van der Waals surface area contributed by atoms with Crippen molar-refractivity contribution in [1.82, 2.24) is 14.6 Å². The summed E-state index contributed by atoms with van der Waals surface area (Å²) in [7, 11) is 0. The highest BCUT2D eigenvalue weighted by Crippen LogP contribution is 2.30. The molecule has 0 aliphatic heterocycles. The number of furan rings is 1. The van der Waals surface area contributed by atoms with Gasteiger partial charge in [-0.2, -0.15) is 9.61 Å². The molecule has 21 heavy (non-hydrogen) atoms. The third-order valence-electron chi connectivity index (χ3n) is 3.84. The van der Waals surface area contributed by atoms with E-state index in [0.717, 1.165) is 48.7 Å². The molecule has 0 bridgehead atoms. The van der Waals surface area contributed by atoms with Crippen LogP contribution in [0.15, 0.2) is 28.9 Å². The van der Waals surface area contributed by atoms with E-state index < -0.39 is 0 Å². The fourth-order valence-electron chi connectivity index (χ4n) is 2.90. The molecule has 1 aliphatic carbocycles. The minimum Gasteiger partial charge on any atom is -0.463 e. The first-order valence-electron chi connectivity index (χ1n) is 7.26. The van der Waals surface area contributed by atoms with E-state index in [2.05, 4.69) is 10.4 Å². The number of aromatic nitrogens is 3. The molecule has 6 nitrogen and oxygen atoms in total. The number of anilines is 1. The van der Waals surface area contributed by atoms with Crippen LogP contribution in [0.1, 0.15) is 17.7 Å². The van der Waals surface area contributed by atoms with Crippen LogP contribution in [-0.4, -0.2) is 27.7 Å². The summed E-state index contributed by atoms with van der Waals surface area (Å²) in [6.45, 7) is 1.31. The highest BCUT2D eigenvalue weighted by molar-refractivity contribution is 5.64. The Kier molecular flexibility index (Phi) is 2.89. The summed E-state index contributed by atoms with van der Waals surface area (Å²) >= 11 is 0. The van der Waals surface area contributed by atoms with Gasteiger partial charge in [0.2, 0.25) is 0 Å². The first kappa shape index (κ1) is 12.4. The summed E-state index contributed by atoms with van der Waals surface area (Å²) in [5, 5.41) is 8.04. The van der Waals surface area contributed by atoms with Gasteiger partial charge in [-0.05, 0) is 31.4 Å². The molecule has 108 valence electrons. The maximum absolute atomic E-state index is 5.63. The largest absolute Gasteiger partial charge is 0.463 e. The van der Waals surface area contributed by atoms with Crippen LogP contribution >= 0.6 is 0 Å². The molecule has 0 saturated carbocycles. The predicted molar refractivity (Wildman–Crippen MR) is 80.3 cm³/mol. The number of nitrogens with one attached hydrogen (secondary N) is 1. The van der Waals surface area contributed by atoms with Crippen LogP contribution in [0.2, 0.25) is 0 Å². The van der Waals surface area contributed by atoms with E-state index in [0.29, 0.717) is 6.54 Å². The van der Waals surface area contributed by atoms with Crippen molar-refractivity contribution in [3.63, 3.8) is 0 Å². The number of hydrogen-bond donors (Lipinski definition) is 2. The van der Waals surface area contributed by atoms with Gasteiger partial charge in [0, 0.05) is 30.4 Å². The highest BCUT2D eigenvalue weighted by Gasteiger charge is 2.21. The lowest BCUT2D eigenvalue weighted by atomic mass is 10.2. The van der Waals surface area contributed by atoms with E-state index in [9.17, 15) is 0 Å². The van der Waals surface area contributed by atoms with Crippen molar-refractivity contribution in [2.75, 3.05) is 18.4 Å². The van der Waals surface area contributed by atoms with Gasteiger partial charge in [-0.25, -0.2) is 4.98 Å². The third kappa shape index (κ3) is 1.99. The lowest BCUT2D eigenvalue weighted by Crippen LogP contribution is -2.17. The Labute approximate surface area is 122 Å². The zero-order valence-electron chi connectivity index (χ0n) is 11.7. The van der Waals surface area contributed by atoms with Gasteiger partial charge in [0.05, 0.1) is 6.26 Å². The molecule has 0 fully saturated rings. The average Bonchev–Trinajstić information content (AvgIpc) is 3.20. The predicted octanol–water partition coefficient (Wildman–Crippen LogP) is 1.85. The minimum atomic E-state index is 0.588. The summed E-state index contributed by atoms with van der Waals surface area (Å²) in [4.78, 5) is 4.74. The molecule has 0 radical (unpaired) electrons. The smallest absolute Gasteiger partial charge is 0.158 e. The molecule has 0 atom stereocenters. The van der Waals surface area contributed by atoms with Gasteiger partial charge in [0.15, 0.2) is 11.4 Å². The fourth-order valence-corrected chi connectivity index (χ4v) is 2.90. The molecule has 6 heteroatoms. The minimum absolute atomic E-state index is 0.588. The van der Waals surface area contributed by atoms with Gasteiger partial charge < -0.3 is 15.5 Å². The molecule has 0 saturated heterocycles. The van der Waals surface area contributed by atoms with Crippen LogP contribution in [0.5, 0.6) is 0 Å². The van der Waals surface area contributed by atoms with Crippen molar-refractivity contribution >= 4 is 11.5 Å². The molecule has 0 amide bonds. The SMILES string of the molecule is NCCNc1c2c(nc3cc(-c4ccco4)nn13)CCC2. The Morgan fingerprint density at radius 1 is 1.38 bits per heavy atom. The third-order valence-corrected chi connectivity index (χ3v) is 3.84. The van der Waals surface area contributed by atoms with Gasteiger partial charge in [-0.15, -0.1) is 0 Å². The maximum Gasteiger partial charge on any atom is 0.158 e. The van der Waals surface area contributed by atoms with Crippen LogP contribution in [0.25, 0.3) is 17.1 Å². The second kappa shape index (κ2) is 4.89. The molecule has 0 unspecified atom stereocenters. The first-order chi connectivity index (χ1) is 10.4. The molecule has 0 spiro atoms. The first-order valence-corrected chi connectivity index (χ1v) is 7.26. The molecule has 3 aromatic heterocycles. The van der Waals surface area contributed by atoms with Gasteiger partial charge in [-0.3, -0.25) is 0 Å². The number of fused-ring (bicyclic) bond motifs is 2. The van der Waals surface area contributed by atoms with Gasteiger partial charge in [0.25, 0.3) is 0 Å². The Morgan fingerprint density at radius 2 is 2.33 bits per heavy atom. The standard InChI is InChI=1S/C15H17N5O/c16-6-7-17-15-10-3-1-4-11(10)18-14-9-12(19-20(14)15)13-5-2-8-21-13/h2,5,8-9,17H,1,3-4,6-7,16H2. The van der Waals surface area contributed by atoms with E-state index in [1.807, 2.05) is 22.7 Å². The van der Waals surface area contributed by atoms with Crippen molar-refractivity contribution in [1.29, 1.82) is 0 Å². The van der Waals surface area contributed by atoms with Crippen molar-refractivity contribution < 1.29 is 4.42 Å². The Morgan fingerprint density at radius 3 is 3.14 bits per heavy atom. The molecular formula is C15H17N5O. The van der Waals surface area contributed by atoms with Crippen LogP contribution in [0, 0.1) is 0 Å². The number of hydrogen-bond acceptors (Lipinski definition) is 5. The summed E-state index contributed by atoms with van der Waals surface area (Å²) in [6, 6.07) is 5.73. The molecule has 3 aromatic rings. The van der Waals surface area contributed by atoms with E-state index in [1.165, 1.54) is 11.3 Å². The summed E-state index contributed by atoms with van der Waals surface area (Å²) in [6.07, 6.45) is 4.88.